The van der Waals surface area contributed by atoms with Gasteiger partial charge in [0.25, 0.3) is 5.56 Å². The molecule has 0 saturated carbocycles. The zero-order valence-corrected chi connectivity index (χ0v) is 17.8. The number of aryl methyl sites for hydroxylation is 1. The van der Waals surface area contributed by atoms with Crippen molar-refractivity contribution in [2.24, 2.45) is 5.92 Å². The third-order valence-corrected chi connectivity index (χ3v) is 7.06. The molecule has 1 aliphatic carbocycles. The summed E-state index contributed by atoms with van der Waals surface area (Å²) in [6.07, 6.45) is 3.02. The fraction of sp³-hybridized carbons (Fsp3) is 0.333. The molecule has 8 heteroatoms. The van der Waals surface area contributed by atoms with Gasteiger partial charge in [0, 0.05) is 16.1 Å². The predicted molar refractivity (Wildman–Crippen MR) is 117 cm³/mol. The van der Waals surface area contributed by atoms with Crippen molar-refractivity contribution in [2.75, 3.05) is 11.1 Å². The van der Waals surface area contributed by atoms with Crippen LogP contribution in [-0.4, -0.2) is 27.4 Å². The maximum absolute atomic E-state index is 12.6. The molecule has 0 aliphatic heterocycles. The van der Waals surface area contributed by atoms with E-state index >= 15 is 0 Å². The van der Waals surface area contributed by atoms with Gasteiger partial charge in [0.1, 0.15) is 4.83 Å². The highest BCUT2D eigenvalue weighted by Crippen LogP contribution is 2.36. The fourth-order valence-electron chi connectivity index (χ4n) is 3.54. The second kappa shape index (κ2) is 8.12. The first kappa shape index (κ1) is 19.8. The van der Waals surface area contributed by atoms with E-state index in [0.717, 1.165) is 29.7 Å². The Bertz CT molecular complexity index is 1170. The molecule has 0 spiro atoms. The van der Waals surface area contributed by atoms with Gasteiger partial charge in [0.15, 0.2) is 10.9 Å². The predicted octanol–water partition coefficient (Wildman–Crippen LogP) is 4.04. The fourth-order valence-corrected chi connectivity index (χ4v) is 5.65. The monoisotopic (exact) mass is 427 g/mol. The molecule has 150 valence electrons. The number of hydrogen-bond donors (Lipinski definition) is 2. The van der Waals surface area contributed by atoms with Crippen LogP contribution in [0.15, 0.2) is 34.2 Å². The minimum Gasteiger partial charge on any atom is -0.325 e. The van der Waals surface area contributed by atoms with Crippen molar-refractivity contribution in [3.05, 3.63) is 50.6 Å². The molecule has 1 amide bonds. The summed E-state index contributed by atoms with van der Waals surface area (Å²) >= 11 is 2.79. The number of thioether (sulfide) groups is 1. The molecule has 0 saturated heterocycles. The average molecular weight is 428 g/mol. The van der Waals surface area contributed by atoms with E-state index in [2.05, 4.69) is 22.2 Å². The molecule has 6 nitrogen and oxygen atoms in total. The summed E-state index contributed by atoms with van der Waals surface area (Å²) in [7, 11) is 0. The summed E-state index contributed by atoms with van der Waals surface area (Å²) in [5.41, 5.74) is 2.14. The van der Waals surface area contributed by atoms with Crippen LogP contribution in [0.4, 0.5) is 5.69 Å². The van der Waals surface area contributed by atoms with Crippen LogP contribution in [-0.2, 0) is 17.6 Å². The first-order chi connectivity index (χ1) is 13.9. The highest BCUT2D eigenvalue weighted by atomic mass is 32.2. The minimum atomic E-state index is -0.224. The summed E-state index contributed by atoms with van der Waals surface area (Å²) in [5.74, 6) is 0.464. The van der Waals surface area contributed by atoms with Gasteiger partial charge in [-0.1, -0.05) is 30.8 Å². The Balaban J connectivity index is 1.47. The van der Waals surface area contributed by atoms with Gasteiger partial charge in [-0.25, -0.2) is 4.98 Å². The number of carbonyl (C=O) groups is 2. The van der Waals surface area contributed by atoms with Gasteiger partial charge >= 0.3 is 0 Å². The Labute approximate surface area is 176 Å². The minimum absolute atomic E-state index is 0.0569. The molecule has 2 heterocycles. The molecule has 1 aromatic carbocycles. The lowest BCUT2D eigenvalue weighted by Gasteiger charge is -2.17. The number of Topliss-reactive ketones (excluding diaryl/α,β-unsaturated/α-hetero) is 1. The number of aromatic amines is 1. The molecule has 4 rings (SSSR count). The lowest BCUT2D eigenvalue weighted by atomic mass is 9.89. The van der Waals surface area contributed by atoms with Crippen LogP contribution in [0.3, 0.4) is 0 Å². The molecule has 2 aromatic heterocycles. The first-order valence-corrected chi connectivity index (χ1v) is 11.3. The molecule has 1 unspecified atom stereocenters. The van der Waals surface area contributed by atoms with E-state index in [0.29, 0.717) is 27.7 Å². The Hall–Kier alpha value is -2.45. The zero-order valence-electron chi connectivity index (χ0n) is 16.2. The summed E-state index contributed by atoms with van der Waals surface area (Å²) in [6.45, 7) is 3.72. The zero-order chi connectivity index (χ0) is 20.5. The summed E-state index contributed by atoms with van der Waals surface area (Å²) < 4.78 is 0. The smallest absolute Gasteiger partial charge is 0.260 e. The third-order valence-electron chi connectivity index (χ3n) is 5.04. The Morgan fingerprint density at radius 3 is 3.00 bits per heavy atom. The van der Waals surface area contributed by atoms with Crippen molar-refractivity contribution in [2.45, 2.75) is 38.3 Å². The van der Waals surface area contributed by atoms with E-state index in [1.807, 2.05) is 0 Å². The number of nitrogens with one attached hydrogen (secondary N) is 2. The van der Waals surface area contributed by atoms with Gasteiger partial charge in [-0.05, 0) is 49.8 Å². The van der Waals surface area contributed by atoms with Gasteiger partial charge in [-0.2, -0.15) is 0 Å². The standard InChI is InChI=1S/C21H21N3O3S2/c1-11-6-7-15-16(8-11)29-20-18(15)19(27)23-21(24-20)28-10-17(26)22-14-5-3-4-13(9-14)12(2)25/h3-5,9,11H,6-8,10H2,1-2H3,(H,22,26)(H,23,24,27). The van der Waals surface area contributed by atoms with Gasteiger partial charge < -0.3 is 10.3 Å². The number of nitrogens with zero attached hydrogens (tertiary/aromatic N) is 1. The first-order valence-electron chi connectivity index (χ1n) is 9.49. The van der Waals surface area contributed by atoms with Crippen LogP contribution < -0.4 is 10.9 Å². The van der Waals surface area contributed by atoms with Crippen LogP contribution >= 0.6 is 23.1 Å². The number of fused-ring (bicyclic) bond motifs is 3. The molecular formula is C21H21N3O3S2. The third kappa shape index (κ3) is 4.28. The Morgan fingerprint density at radius 2 is 2.21 bits per heavy atom. The highest BCUT2D eigenvalue weighted by Gasteiger charge is 2.23. The van der Waals surface area contributed by atoms with Crippen molar-refractivity contribution in [1.29, 1.82) is 0 Å². The number of thiophene rings is 1. The largest absolute Gasteiger partial charge is 0.325 e. The topological polar surface area (TPSA) is 91.9 Å². The van der Waals surface area contributed by atoms with E-state index in [4.69, 9.17) is 0 Å². The van der Waals surface area contributed by atoms with Gasteiger partial charge in [-0.15, -0.1) is 11.3 Å². The van der Waals surface area contributed by atoms with Crippen LogP contribution in [0.5, 0.6) is 0 Å². The lowest BCUT2D eigenvalue weighted by Crippen LogP contribution is -2.16. The van der Waals surface area contributed by atoms with Crippen LogP contribution in [0, 0.1) is 5.92 Å². The number of amides is 1. The van der Waals surface area contributed by atoms with E-state index < -0.39 is 0 Å². The SMILES string of the molecule is CC(=O)c1cccc(NC(=O)CSc2nc3sc4c(c3c(=O)[nH]2)CCC(C)C4)c1. The number of H-pyrrole nitrogens is 1. The molecule has 3 aromatic rings. The van der Waals surface area contributed by atoms with Crippen molar-refractivity contribution < 1.29 is 9.59 Å². The number of benzene rings is 1. The van der Waals surface area contributed by atoms with Crippen molar-refractivity contribution >= 4 is 50.7 Å². The summed E-state index contributed by atoms with van der Waals surface area (Å²) in [4.78, 5) is 45.8. The Morgan fingerprint density at radius 1 is 1.38 bits per heavy atom. The van der Waals surface area contributed by atoms with Crippen LogP contribution in [0.25, 0.3) is 10.2 Å². The molecule has 29 heavy (non-hydrogen) atoms. The van der Waals surface area contributed by atoms with E-state index in [-0.39, 0.29) is 23.0 Å². The van der Waals surface area contributed by atoms with Crippen molar-refractivity contribution in [3.63, 3.8) is 0 Å². The molecule has 0 fully saturated rings. The number of rotatable bonds is 5. The van der Waals surface area contributed by atoms with Gasteiger partial charge in [0.2, 0.25) is 5.91 Å². The normalized spacial score (nSPS) is 15.9. The van der Waals surface area contributed by atoms with Crippen molar-refractivity contribution in [1.82, 2.24) is 9.97 Å². The maximum atomic E-state index is 12.6. The van der Waals surface area contributed by atoms with Crippen molar-refractivity contribution in [3.8, 4) is 0 Å². The highest BCUT2D eigenvalue weighted by molar-refractivity contribution is 7.99. The number of anilines is 1. The number of aromatic nitrogens is 2. The van der Waals surface area contributed by atoms with Gasteiger partial charge in [-0.3, -0.25) is 14.4 Å². The average Bonchev–Trinajstić information content (AvgIpc) is 3.04. The van der Waals surface area contributed by atoms with Crippen LogP contribution in [0.2, 0.25) is 0 Å². The summed E-state index contributed by atoms with van der Waals surface area (Å²) in [5, 5.41) is 3.94. The molecule has 2 N–H and O–H groups in total. The van der Waals surface area contributed by atoms with Crippen LogP contribution in [0.1, 0.15) is 41.1 Å². The number of ketones is 1. The van der Waals surface area contributed by atoms with E-state index in [1.54, 1.807) is 35.6 Å². The molecular weight excluding hydrogens is 406 g/mol. The molecule has 1 aliphatic rings. The molecule has 0 radical (unpaired) electrons. The molecule has 0 bridgehead atoms. The second-order valence-electron chi connectivity index (χ2n) is 7.38. The molecule has 1 atom stereocenters. The van der Waals surface area contributed by atoms with E-state index in [1.165, 1.54) is 23.6 Å². The summed E-state index contributed by atoms with van der Waals surface area (Å²) in [6, 6.07) is 6.82. The lowest BCUT2D eigenvalue weighted by molar-refractivity contribution is -0.113. The maximum Gasteiger partial charge on any atom is 0.260 e. The van der Waals surface area contributed by atoms with Gasteiger partial charge in [0.05, 0.1) is 11.1 Å². The number of carbonyl (C=O) groups excluding carboxylic acids is 2. The van der Waals surface area contributed by atoms with E-state index in [9.17, 15) is 14.4 Å². The quantitative estimate of drug-likeness (QED) is 0.364. The number of hydrogen-bond acceptors (Lipinski definition) is 6. The Kier molecular flexibility index (Phi) is 5.56. The second-order valence-corrected chi connectivity index (χ2v) is 9.42.